The number of benzene rings is 1. The molecule has 2 rings (SSSR count). The maximum Gasteiger partial charge on any atom is 0.335 e. The Kier molecular flexibility index (Phi) is 6.89. The van der Waals surface area contributed by atoms with Gasteiger partial charge in [0.2, 0.25) is 0 Å². The summed E-state index contributed by atoms with van der Waals surface area (Å²) in [6, 6.07) is 7.26. The summed E-state index contributed by atoms with van der Waals surface area (Å²) < 4.78 is 0. The minimum absolute atomic E-state index is 0. The number of rotatable bonds is 3. The van der Waals surface area contributed by atoms with E-state index in [0.717, 1.165) is 6.54 Å². The van der Waals surface area contributed by atoms with Crippen LogP contribution >= 0.6 is 12.4 Å². The number of hydrogen-bond donors (Lipinski definition) is 1. The Hall–Kier alpha value is -1.06. The highest BCUT2D eigenvalue weighted by atomic mass is 35.5. The third kappa shape index (κ3) is 5.21. The highest BCUT2D eigenvalue weighted by Crippen LogP contribution is 2.14. The molecule has 1 fully saturated rings. The molecule has 19 heavy (non-hydrogen) atoms. The van der Waals surface area contributed by atoms with Crippen LogP contribution in [0.15, 0.2) is 24.3 Å². The first-order valence-corrected chi connectivity index (χ1v) is 6.80. The smallest absolute Gasteiger partial charge is 0.335 e. The average Bonchev–Trinajstić information content (AvgIpc) is 2.33. The molecular weight excluding hydrogens is 262 g/mol. The number of hydrogen-bond acceptors (Lipinski definition) is 2. The topological polar surface area (TPSA) is 40.5 Å². The molecule has 0 amide bonds. The standard InChI is InChI=1S/C15H21NO2.ClH/c17-15(18)14-8-6-13(7-9-14)12-16-10-4-2-1-3-5-11-16;/h6-9H,1-5,10-12H2,(H,17,18);1H. The first-order chi connectivity index (χ1) is 8.75. The molecule has 1 saturated heterocycles. The summed E-state index contributed by atoms with van der Waals surface area (Å²) in [4.78, 5) is 13.3. The van der Waals surface area contributed by atoms with Crippen molar-refractivity contribution in [2.75, 3.05) is 13.1 Å². The Morgan fingerprint density at radius 3 is 2.05 bits per heavy atom. The van der Waals surface area contributed by atoms with Crippen molar-refractivity contribution in [3.63, 3.8) is 0 Å². The lowest BCUT2D eigenvalue weighted by atomic mass is 10.1. The largest absolute Gasteiger partial charge is 0.478 e. The fourth-order valence-corrected chi connectivity index (χ4v) is 2.48. The van der Waals surface area contributed by atoms with Crippen molar-refractivity contribution in [1.29, 1.82) is 0 Å². The first-order valence-electron chi connectivity index (χ1n) is 6.80. The van der Waals surface area contributed by atoms with Crippen molar-refractivity contribution in [2.45, 2.75) is 38.6 Å². The van der Waals surface area contributed by atoms with E-state index in [-0.39, 0.29) is 12.4 Å². The number of nitrogens with zero attached hydrogens (tertiary/aromatic N) is 1. The van der Waals surface area contributed by atoms with E-state index in [4.69, 9.17) is 5.11 Å². The van der Waals surface area contributed by atoms with Crippen molar-refractivity contribution in [3.8, 4) is 0 Å². The van der Waals surface area contributed by atoms with Crippen LogP contribution in [0.4, 0.5) is 0 Å². The Morgan fingerprint density at radius 1 is 1.00 bits per heavy atom. The summed E-state index contributed by atoms with van der Waals surface area (Å²) in [6.07, 6.45) is 6.63. The van der Waals surface area contributed by atoms with E-state index in [1.807, 2.05) is 12.1 Å². The Balaban J connectivity index is 0.00000180. The third-order valence-corrected chi connectivity index (χ3v) is 3.56. The van der Waals surface area contributed by atoms with Gasteiger partial charge in [0.15, 0.2) is 0 Å². The van der Waals surface area contributed by atoms with E-state index >= 15 is 0 Å². The summed E-state index contributed by atoms with van der Waals surface area (Å²) in [6.45, 7) is 3.28. The quantitative estimate of drug-likeness (QED) is 0.922. The van der Waals surface area contributed by atoms with Gasteiger partial charge in [-0.2, -0.15) is 0 Å². The molecular formula is C15H22ClNO2. The number of halogens is 1. The molecule has 3 nitrogen and oxygen atoms in total. The zero-order chi connectivity index (χ0) is 12.8. The summed E-state index contributed by atoms with van der Waals surface area (Å²) in [5.74, 6) is -0.854. The monoisotopic (exact) mass is 283 g/mol. The molecule has 1 aliphatic heterocycles. The minimum Gasteiger partial charge on any atom is -0.478 e. The van der Waals surface area contributed by atoms with Crippen LogP contribution in [0.5, 0.6) is 0 Å². The van der Waals surface area contributed by atoms with Gasteiger partial charge in [0, 0.05) is 6.54 Å². The van der Waals surface area contributed by atoms with Crippen LogP contribution in [0.3, 0.4) is 0 Å². The van der Waals surface area contributed by atoms with Gasteiger partial charge in [-0.3, -0.25) is 4.90 Å². The molecule has 0 aliphatic carbocycles. The molecule has 1 aromatic rings. The number of likely N-dealkylation sites (tertiary alicyclic amines) is 1. The number of carboxylic acids is 1. The lowest BCUT2D eigenvalue weighted by Gasteiger charge is -2.24. The highest BCUT2D eigenvalue weighted by molar-refractivity contribution is 5.87. The molecule has 4 heteroatoms. The molecule has 1 N–H and O–H groups in total. The van der Waals surface area contributed by atoms with Gasteiger partial charge in [-0.1, -0.05) is 31.4 Å². The normalized spacial score (nSPS) is 17.1. The fraction of sp³-hybridized carbons (Fsp3) is 0.533. The Morgan fingerprint density at radius 2 is 1.53 bits per heavy atom. The molecule has 0 atom stereocenters. The second-order valence-corrected chi connectivity index (χ2v) is 5.05. The fourth-order valence-electron chi connectivity index (χ4n) is 2.48. The van der Waals surface area contributed by atoms with E-state index in [2.05, 4.69) is 4.90 Å². The Bertz CT molecular complexity index is 384. The molecule has 0 radical (unpaired) electrons. The molecule has 1 aliphatic rings. The van der Waals surface area contributed by atoms with Crippen LogP contribution in [0.1, 0.15) is 48.0 Å². The first kappa shape index (κ1) is 16.0. The Labute approximate surface area is 121 Å². The van der Waals surface area contributed by atoms with Gasteiger partial charge < -0.3 is 5.11 Å². The predicted molar refractivity (Wildman–Crippen MR) is 79.0 cm³/mol. The number of carboxylic acid groups (broad SMARTS) is 1. The molecule has 0 saturated carbocycles. The molecule has 1 aromatic carbocycles. The maximum atomic E-state index is 10.8. The molecule has 0 spiro atoms. The van der Waals surface area contributed by atoms with E-state index in [1.54, 1.807) is 12.1 Å². The van der Waals surface area contributed by atoms with Crippen LogP contribution in [0, 0.1) is 0 Å². The second-order valence-electron chi connectivity index (χ2n) is 5.05. The van der Waals surface area contributed by atoms with E-state index in [9.17, 15) is 4.79 Å². The SMILES string of the molecule is Cl.O=C(O)c1ccc(CN2CCCCCCC2)cc1. The second kappa shape index (κ2) is 8.18. The van der Waals surface area contributed by atoms with Crippen molar-refractivity contribution < 1.29 is 9.90 Å². The van der Waals surface area contributed by atoms with E-state index < -0.39 is 5.97 Å². The van der Waals surface area contributed by atoms with Gasteiger partial charge in [-0.25, -0.2) is 4.79 Å². The van der Waals surface area contributed by atoms with Crippen LogP contribution in [0.25, 0.3) is 0 Å². The van der Waals surface area contributed by atoms with Crippen molar-refractivity contribution in [1.82, 2.24) is 4.90 Å². The van der Waals surface area contributed by atoms with Gasteiger partial charge in [-0.05, 0) is 43.6 Å². The highest BCUT2D eigenvalue weighted by Gasteiger charge is 2.09. The van der Waals surface area contributed by atoms with Crippen LogP contribution in [0.2, 0.25) is 0 Å². The maximum absolute atomic E-state index is 10.8. The van der Waals surface area contributed by atoms with Crippen LogP contribution in [-0.2, 0) is 6.54 Å². The molecule has 0 unspecified atom stereocenters. The van der Waals surface area contributed by atoms with Crippen molar-refractivity contribution >= 4 is 18.4 Å². The molecule has 1 heterocycles. The molecule has 0 bridgehead atoms. The summed E-state index contributed by atoms with van der Waals surface area (Å²) in [7, 11) is 0. The number of carbonyl (C=O) groups is 1. The molecule has 106 valence electrons. The summed E-state index contributed by atoms with van der Waals surface area (Å²) in [5.41, 5.74) is 1.58. The lowest BCUT2D eigenvalue weighted by molar-refractivity contribution is 0.0697. The van der Waals surface area contributed by atoms with Gasteiger partial charge in [-0.15, -0.1) is 12.4 Å². The summed E-state index contributed by atoms with van der Waals surface area (Å²) >= 11 is 0. The third-order valence-electron chi connectivity index (χ3n) is 3.56. The molecule has 0 aromatic heterocycles. The van der Waals surface area contributed by atoms with Gasteiger partial charge in [0.25, 0.3) is 0 Å². The predicted octanol–water partition coefficient (Wildman–Crippen LogP) is 3.57. The zero-order valence-electron chi connectivity index (χ0n) is 11.2. The zero-order valence-corrected chi connectivity index (χ0v) is 12.0. The lowest BCUT2D eigenvalue weighted by Crippen LogP contribution is -2.26. The van der Waals surface area contributed by atoms with Gasteiger partial charge >= 0.3 is 5.97 Å². The van der Waals surface area contributed by atoms with Crippen LogP contribution in [-0.4, -0.2) is 29.1 Å². The average molecular weight is 284 g/mol. The van der Waals surface area contributed by atoms with E-state index in [1.165, 1.54) is 50.8 Å². The van der Waals surface area contributed by atoms with E-state index in [0.29, 0.717) is 5.56 Å². The van der Waals surface area contributed by atoms with Crippen LogP contribution < -0.4 is 0 Å². The minimum atomic E-state index is -0.854. The van der Waals surface area contributed by atoms with Crippen molar-refractivity contribution in [3.05, 3.63) is 35.4 Å². The number of aromatic carboxylic acids is 1. The van der Waals surface area contributed by atoms with Crippen molar-refractivity contribution in [2.24, 2.45) is 0 Å². The van der Waals surface area contributed by atoms with Gasteiger partial charge in [0.1, 0.15) is 0 Å². The summed E-state index contributed by atoms with van der Waals surface area (Å²) in [5, 5.41) is 8.86. The van der Waals surface area contributed by atoms with Gasteiger partial charge in [0.05, 0.1) is 5.56 Å².